The second-order valence-corrected chi connectivity index (χ2v) is 14.9. The van der Waals surface area contributed by atoms with Crippen molar-refractivity contribution >= 4 is 11.9 Å². The van der Waals surface area contributed by atoms with Crippen LogP contribution in [0.3, 0.4) is 0 Å². The summed E-state index contributed by atoms with van der Waals surface area (Å²) in [6.45, 7) is 7.79. The highest BCUT2D eigenvalue weighted by atomic mass is 16.7. The molecular weight excluding hydrogens is 592 g/mol. The third kappa shape index (κ3) is 3.13. The molecule has 8 aliphatic rings. The van der Waals surface area contributed by atoms with E-state index in [1.54, 1.807) is 26.0 Å². The first kappa shape index (κ1) is 30.2. The van der Waals surface area contributed by atoms with E-state index in [2.05, 4.69) is 0 Å². The van der Waals surface area contributed by atoms with Crippen LogP contribution in [0.25, 0.3) is 0 Å². The molecule has 3 aliphatic carbocycles. The van der Waals surface area contributed by atoms with Crippen LogP contribution in [0.2, 0.25) is 0 Å². The van der Waals surface area contributed by atoms with Crippen LogP contribution in [-0.4, -0.2) is 112 Å². The molecule has 0 aromatic rings. The molecule has 2 bridgehead atoms. The quantitative estimate of drug-likeness (QED) is 0.181. The maximum atomic E-state index is 13.4. The molecule has 4 N–H and O–H groups in total. The number of allylic oxidation sites excluding steroid dienone is 1. The first-order valence-corrected chi connectivity index (χ1v) is 15.9. The highest BCUT2D eigenvalue weighted by molar-refractivity contribution is 5.87. The molecule has 7 fully saturated rings. The van der Waals surface area contributed by atoms with Crippen LogP contribution >= 0.6 is 0 Å². The van der Waals surface area contributed by atoms with Crippen molar-refractivity contribution in [1.82, 2.24) is 0 Å². The fourth-order valence-corrected chi connectivity index (χ4v) is 11.6. The van der Waals surface area contributed by atoms with Gasteiger partial charge in [0.25, 0.3) is 0 Å². The number of carbonyl (C=O) groups is 2. The predicted molar refractivity (Wildman–Crippen MR) is 148 cm³/mol. The molecule has 0 unspecified atom stereocenters. The number of carbonyl (C=O) groups excluding carboxylic acids is 2. The molecule has 45 heavy (non-hydrogen) atoms. The van der Waals surface area contributed by atoms with Crippen LogP contribution in [0.1, 0.15) is 47.5 Å². The zero-order valence-corrected chi connectivity index (χ0v) is 26.0. The van der Waals surface area contributed by atoms with Gasteiger partial charge in [0.05, 0.1) is 49.8 Å². The predicted octanol–water partition coefficient (Wildman–Crippen LogP) is 0.0730. The van der Waals surface area contributed by atoms with E-state index in [0.717, 1.165) is 0 Å². The summed E-state index contributed by atoms with van der Waals surface area (Å²) in [5.74, 6) is -3.27. The Labute approximate surface area is 260 Å². The average molecular weight is 635 g/mol. The third-order valence-corrected chi connectivity index (χ3v) is 13.5. The summed E-state index contributed by atoms with van der Waals surface area (Å²) in [4.78, 5) is 25.8. The van der Waals surface area contributed by atoms with Crippen molar-refractivity contribution < 1.29 is 63.2 Å². The van der Waals surface area contributed by atoms with E-state index in [0.29, 0.717) is 12.0 Å². The maximum Gasteiger partial charge on any atom is 0.333 e. The van der Waals surface area contributed by atoms with E-state index in [1.807, 2.05) is 13.8 Å². The summed E-state index contributed by atoms with van der Waals surface area (Å²) in [6.07, 6.45) is -2.07. The summed E-state index contributed by atoms with van der Waals surface area (Å²) < 4.78 is 43.4. The molecular formula is C32H42O13. The van der Waals surface area contributed by atoms with Gasteiger partial charge in [-0.2, -0.15) is 0 Å². The van der Waals surface area contributed by atoms with Gasteiger partial charge in [0, 0.05) is 47.5 Å². The monoisotopic (exact) mass is 634 g/mol. The molecule has 16 atom stereocenters. The SMILES string of the molecule is C/C=C(\C)C(=O)O[C@H]1C[C@@H](OC(C)=O)[C@@]2(CO)CO[C@H]3[C@@H](O)[C@@](C)([C@]45O[C@@]4(C)[C@H]4C[C@@H]5O[C@@H]5OC=C[C@@]54O)[C@@H]4[C@H](O)OC[C@@]14[C@@H]32. The first-order valence-electron chi connectivity index (χ1n) is 15.9. The highest BCUT2D eigenvalue weighted by Crippen LogP contribution is 2.82. The molecule has 13 nitrogen and oxygen atoms in total. The van der Waals surface area contributed by atoms with Crippen molar-refractivity contribution in [2.24, 2.45) is 34.0 Å². The lowest BCUT2D eigenvalue weighted by Gasteiger charge is -2.65. The Morgan fingerprint density at radius 3 is 2.49 bits per heavy atom. The Kier molecular flexibility index (Phi) is 6.10. The van der Waals surface area contributed by atoms with E-state index in [-0.39, 0.29) is 19.6 Å². The summed E-state index contributed by atoms with van der Waals surface area (Å²) in [7, 11) is 0. The minimum atomic E-state index is -1.45. The highest BCUT2D eigenvalue weighted by Gasteiger charge is 2.95. The number of rotatable bonds is 5. The lowest BCUT2D eigenvalue weighted by atomic mass is 9.38. The van der Waals surface area contributed by atoms with Gasteiger partial charge in [0.15, 0.2) is 11.9 Å². The molecule has 0 aromatic carbocycles. The van der Waals surface area contributed by atoms with E-state index in [1.165, 1.54) is 13.2 Å². The summed E-state index contributed by atoms with van der Waals surface area (Å²) in [6, 6.07) is 0. The van der Waals surface area contributed by atoms with Crippen LogP contribution in [0.5, 0.6) is 0 Å². The minimum absolute atomic E-state index is 0.0162. The smallest absolute Gasteiger partial charge is 0.333 e. The molecule has 248 valence electrons. The first-order chi connectivity index (χ1) is 21.2. The minimum Gasteiger partial charge on any atom is -0.469 e. The normalized spacial score (nSPS) is 58.2. The molecule has 0 aromatic heterocycles. The van der Waals surface area contributed by atoms with E-state index < -0.39 is 112 Å². The number of esters is 2. The van der Waals surface area contributed by atoms with Crippen LogP contribution in [0.4, 0.5) is 0 Å². The number of fused-ring (bicyclic) bond motifs is 7. The second-order valence-electron chi connectivity index (χ2n) is 14.9. The molecule has 5 aliphatic heterocycles. The Morgan fingerprint density at radius 2 is 1.80 bits per heavy atom. The molecule has 5 heterocycles. The van der Waals surface area contributed by atoms with E-state index in [9.17, 15) is 30.0 Å². The summed E-state index contributed by atoms with van der Waals surface area (Å²) in [5, 5.41) is 47.3. The molecule has 4 saturated heterocycles. The number of hydrogen-bond donors (Lipinski definition) is 4. The fourth-order valence-electron chi connectivity index (χ4n) is 11.6. The fraction of sp³-hybridized carbons (Fsp3) is 0.812. The molecule has 0 amide bonds. The zero-order chi connectivity index (χ0) is 32.1. The molecule has 3 saturated carbocycles. The molecule has 13 heteroatoms. The molecule has 0 radical (unpaired) electrons. The third-order valence-electron chi connectivity index (χ3n) is 13.5. The lowest BCUT2D eigenvalue weighted by Crippen LogP contribution is -2.77. The van der Waals surface area contributed by atoms with Gasteiger partial charge in [-0.25, -0.2) is 4.79 Å². The van der Waals surface area contributed by atoms with Crippen LogP contribution in [0, 0.1) is 34.0 Å². The Balaban J connectivity index is 1.32. The maximum absolute atomic E-state index is 13.4. The standard InChI is InChI=1S/C32H42O13/c1-6-14(2)24(36)43-18-10-17(42-15(3)34)29(11-33)12-40-20-21(29)30(18)13-41-25(37)22(30)27(4,23(20)35)32-19-9-16(28(32,5)45-32)31(38)7-8-39-26(31)44-19/h6-8,16-23,25-26,33,35,37-38H,9-13H2,1-5H3/b14-6+/t16-,17-,18+,19+,20-,21+,22+,23-,25-,26+,27+,28+,29-,30+,31+,32+/m1/s1. The lowest BCUT2D eigenvalue weighted by molar-refractivity contribution is -0.304. The van der Waals surface area contributed by atoms with Crippen molar-refractivity contribution in [3.8, 4) is 0 Å². The van der Waals surface area contributed by atoms with Gasteiger partial charge in [-0.1, -0.05) is 13.0 Å². The van der Waals surface area contributed by atoms with E-state index >= 15 is 0 Å². The molecule has 1 spiro atoms. The van der Waals surface area contributed by atoms with Crippen LogP contribution in [-0.2, 0) is 42.7 Å². The Hall–Kier alpha value is -2.10. The molecule has 8 rings (SSSR count). The van der Waals surface area contributed by atoms with Gasteiger partial charge >= 0.3 is 11.9 Å². The van der Waals surface area contributed by atoms with Gasteiger partial charge < -0.3 is 53.6 Å². The summed E-state index contributed by atoms with van der Waals surface area (Å²) >= 11 is 0. The van der Waals surface area contributed by atoms with Crippen molar-refractivity contribution in [3.05, 3.63) is 24.0 Å². The van der Waals surface area contributed by atoms with Gasteiger partial charge in [-0.15, -0.1) is 0 Å². The van der Waals surface area contributed by atoms with Crippen molar-refractivity contribution in [2.75, 3.05) is 19.8 Å². The number of epoxide rings is 1. The number of aliphatic hydroxyl groups is 4. The Bertz CT molecular complexity index is 1400. The Morgan fingerprint density at radius 1 is 1.04 bits per heavy atom. The van der Waals surface area contributed by atoms with Crippen LogP contribution < -0.4 is 0 Å². The average Bonchev–Trinajstić information content (AvgIpc) is 3.39. The number of aliphatic hydroxyl groups excluding tert-OH is 3. The van der Waals surface area contributed by atoms with Gasteiger partial charge in [0.2, 0.25) is 6.29 Å². The van der Waals surface area contributed by atoms with Gasteiger partial charge in [-0.3, -0.25) is 4.79 Å². The van der Waals surface area contributed by atoms with E-state index in [4.69, 9.17) is 33.2 Å². The summed E-state index contributed by atoms with van der Waals surface area (Å²) in [5.41, 5.74) is -7.05. The zero-order valence-electron chi connectivity index (χ0n) is 26.0. The number of hydrogen-bond acceptors (Lipinski definition) is 13. The van der Waals surface area contributed by atoms with Gasteiger partial charge in [-0.05, 0) is 33.3 Å². The van der Waals surface area contributed by atoms with Crippen molar-refractivity contribution in [1.29, 1.82) is 0 Å². The van der Waals surface area contributed by atoms with Crippen molar-refractivity contribution in [2.45, 2.75) is 107 Å². The largest absolute Gasteiger partial charge is 0.469 e. The second kappa shape index (κ2) is 9.07. The topological polar surface area (TPSA) is 183 Å². The van der Waals surface area contributed by atoms with Crippen LogP contribution in [0.15, 0.2) is 24.0 Å². The van der Waals surface area contributed by atoms with Gasteiger partial charge in [0.1, 0.15) is 23.4 Å². The van der Waals surface area contributed by atoms with Crippen molar-refractivity contribution in [3.63, 3.8) is 0 Å². The number of ether oxygens (including phenoxy) is 7.